The van der Waals surface area contributed by atoms with E-state index in [0.717, 1.165) is 125 Å². The van der Waals surface area contributed by atoms with Crippen LogP contribution in [0.25, 0.3) is 173 Å². The van der Waals surface area contributed by atoms with E-state index in [4.69, 9.17) is 4.42 Å². The molecule has 0 aliphatic rings. The first-order valence-corrected chi connectivity index (χ1v) is 30.7. The maximum atomic E-state index is 12.6. The van der Waals surface area contributed by atoms with Gasteiger partial charge >= 0.3 is 0 Å². The number of nitrogens with zero attached hydrogens (tertiary/aromatic N) is 4. The molecule has 0 bridgehead atoms. The zero-order valence-electron chi connectivity index (χ0n) is 46.4. The number of benzene rings is 13. The Labute approximate surface area is 506 Å². The van der Waals surface area contributed by atoms with Gasteiger partial charge in [0.2, 0.25) is 0 Å². The Kier molecular flexibility index (Phi) is 10.8. The Morgan fingerprint density at radius 3 is 1.30 bits per heavy atom. The number of fused-ring (bicyclic) bond motifs is 17. The molecule has 0 spiro atoms. The Hall–Kier alpha value is -11.3. The summed E-state index contributed by atoms with van der Waals surface area (Å²) in [6.45, 7) is 0. The van der Waals surface area contributed by atoms with Crippen LogP contribution in [0.4, 0.5) is 0 Å². The number of aromatic nitrogens is 2. The standard InChI is InChI=1S/C80H44N4OS2/c81-45-65-70(49-24-9-3-10-25-49)66(46-82)73(71(50-26-11-4-12-27-50)72(65)83-67-36-15-13-28-55(67)56-39-38-51(44-68(56)83)52-30-17-33-60-57-29-14-16-37-69(57)85-76(52)60)84-74-58(40-42-63-61-34-18-31-53(77(61)86-79(63)74)47-20-5-1-6-21-47)59-41-43-64-62-35-19-32-54(48-22-7-2-8-23-48)78(62)87-80(64)75(59)84/h1-44H. The monoisotopic (exact) mass is 1140 g/mol. The molecule has 18 rings (SSSR count). The normalized spacial score (nSPS) is 11.9. The van der Waals surface area contributed by atoms with Crippen molar-refractivity contribution in [2.24, 2.45) is 0 Å². The highest BCUT2D eigenvalue weighted by Gasteiger charge is 2.33. The second-order valence-electron chi connectivity index (χ2n) is 22.3. The molecule has 0 aliphatic heterocycles. The molecule has 5 heterocycles. The smallest absolute Gasteiger partial charge is 0.143 e. The van der Waals surface area contributed by atoms with Gasteiger partial charge in [0.25, 0.3) is 0 Å². The van der Waals surface area contributed by atoms with Gasteiger partial charge in [-0.2, -0.15) is 10.5 Å². The minimum atomic E-state index is 0.396. The molecule has 5 aromatic heterocycles. The zero-order chi connectivity index (χ0) is 57.4. The average Bonchev–Trinajstić information content (AvgIpc) is 1.67. The van der Waals surface area contributed by atoms with Crippen LogP contribution in [0.3, 0.4) is 0 Å². The molecule has 0 aliphatic carbocycles. The summed E-state index contributed by atoms with van der Waals surface area (Å²) in [4.78, 5) is 0. The Bertz CT molecular complexity index is 5840. The molecule has 402 valence electrons. The van der Waals surface area contributed by atoms with Gasteiger partial charge in [-0.1, -0.05) is 249 Å². The largest absolute Gasteiger partial charge is 0.455 e. The van der Waals surface area contributed by atoms with Crippen LogP contribution >= 0.6 is 22.7 Å². The summed E-state index contributed by atoms with van der Waals surface area (Å²) >= 11 is 3.62. The van der Waals surface area contributed by atoms with Gasteiger partial charge in [-0.3, -0.25) is 0 Å². The fraction of sp³-hybridized carbons (Fsp3) is 0. The van der Waals surface area contributed by atoms with Gasteiger partial charge in [-0.05, 0) is 57.1 Å². The summed E-state index contributed by atoms with van der Waals surface area (Å²) < 4.78 is 16.1. The van der Waals surface area contributed by atoms with Crippen LogP contribution in [0.5, 0.6) is 0 Å². The second-order valence-corrected chi connectivity index (χ2v) is 24.4. The first kappa shape index (κ1) is 49.1. The Balaban J connectivity index is 1.07. The van der Waals surface area contributed by atoms with Crippen LogP contribution in [0, 0.1) is 22.7 Å². The topological polar surface area (TPSA) is 70.6 Å². The third-order valence-electron chi connectivity index (χ3n) is 17.8. The molecular weight excluding hydrogens is 1100 g/mol. The van der Waals surface area contributed by atoms with Crippen LogP contribution in [-0.4, -0.2) is 9.13 Å². The van der Waals surface area contributed by atoms with Gasteiger partial charge in [0.05, 0.1) is 54.0 Å². The summed E-state index contributed by atoms with van der Waals surface area (Å²) in [5, 5.41) is 35.9. The molecule has 7 heteroatoms. The summed E-state index contributed by atoms with van der Waals surface area (Å²) in [5.74, 6) is 0. The maximum Gasteiger partial charge on any atom is 0.143 e. The van der Waals surface area contributed by atoms with Gasteiger partial charge in [0, 0.05) is 80.0 Å². The van der Waals surface area contributed by atoms with E-state index >= 15 is 0 Å². The molecule has 0 fully saturated rings. The van der Waals surface area contributed by atoms with Gasteiger partial charge in [0.15, 0.2) is 0 Å². The quantitative estimate of drug-likeness (QED) is 0.160. The molecular formula is C80H44N4OS2. The van der Waals surface area contributed by atoms with Crippen molar-refractivity contribution in [1.82, 2.24) is 9.13 Å². The zero-order valence-corrected chi connectivity index (χ0v) is 48.1. The molecule has 0 N–H and O–H groups in total. The summed E-state index contributed by atoms with van der Waals surface area (Å²) in [6, 6.07) is 100. The first-order chi connectivity index (χ1) is 43.1. The molecule has 18 aromatic rings. The minimum Gasteiger partial charge on any atom is -0.455 e. The Morgan fingerprint density at radius 2 is 0.724 bits per heavy atom. The number of para-hydroxylation sites is 3. The predicted molar refractivity (Wildman–Crippen MR) is 365 cm³/mol. The van der Waals surface area contributed by atoms with E-state index in [1.165, 1.54) is 31.3 Å². The minimum absolute atomic E-state index is 0.396. The summed E-state index contributed by atoms with van der Waals surface area (Å²) in [7, 11) is 0. The van der Waals surface area contributed by atoms with Crippen molar-refractivity contribution >= 4 is 129 Å². The van der Waals surface area contributed by atoms with Gasteiger partial charge < -0.3 is 13.6 Å². The first-order valence-electron chi connectivity index (χ1n) is 29.1. The number of nitriles is 2. The number of hydrogen-bond acceptors (Lipinski definition) is 5. The predicted octanol–water partition coefficient (Wildman–Crippen LogP) is 22.6. The third kappa shape index (κ3) is 7.10. The second kappa shape index (κ2) is 19.1. The lowest BCUT2D eigenvalue weighted by Crippen LogP contribution is -2.11. The molecule has 87 heavy (non-hydrogen) atoms. The van der Waals surface area contributed by atoms with E-state index in [1.807, 2.05) is 71.2 Å². The van der Waals surface area contributed by atoms with E-state index in [-0.39, 0.29) is 0 Å². The van der Waals surface area contributed by atoms with Crippen molar-refractivity contribution in [3.05, 3.63) is 278 Å². The van der Waals surface area contributed by atoms with E-state index in [0.29, 0.717) is 28.1 Å². The number of hydrogen-bond donors (Lipinski definition) is 0. The van der Waals surface area contributed by atoms with Crippen LogP contribution in [0.2, 0.25) is 0 Å². The fourth-order valence-electron chi connectivity index (χ4n) is 14.1. The van der Waals surface area contributed by atoms with Crippen molar-refractivity contribution in [2.45, 2.75) is 0 Å². The fourth-order valence-corrected chi connectivity index (χ4v) is 16.9. The highest BCUT2D eigenvalue weighted by atomic mass is 32.1. The van der Waals surface area contributed by atoms with Crippen molar-refractivity contribution in [1.29, 1.82) is 10.5 Å². The van der Waals surface area contributed by atoms with Crippen LogP contribution < -0.4 is 0 Å². The maximum absolute atomic E-state index is 12.6. The highest BCUT2D eigenvalue weighted by molar-refractivity contribution is 7.28. The number of rotatable bonds is 7. The number of furan rings is 1. The lowest BCUT2D eigenvalue weighted by atomic mass is 9.86. The molecule has 0 amide bonds. The lowest BCUT2D eigenvalue weighted by Gasteiger charge is -2.25. The third-order valence-corrected chi connectivity index (χ3v) is 20.3. The molecule has 0 unspecified atom stereocenters. The van der Waals surface area contributed by atoms with Crippen molar-refractivity contribution in [3.63, 3.8) is 0 Å². The van der Waals surface area contributed by atoms with E-state index in [9.17, 15) is 10.5 Å². The van der Waals surface area contributed by atoms with Gasteiger partial charge in [0.1, 0.15) is 23.3 Å². The molecule has 0 saturated carbocycles. The molecule has 13 aromatic carbocycles. The highest BCUT2D eigenvalue weighted by Crippen LogP contribution is 2.54. The van der Waals surface area contributed by atoms with Crippen molar-refractivity contribution in [2.75, 3.05) is 0 Å². The van der Waals surface area contributed by atoms with Crippen LogP contribution in [-0.2, 0) is 0 Å². The van der Waals surface area contributed by atoms with E-state index < -0.39 is 0 Å². The lowest BCUT2D eigenvalue weighted by molar-refractivity contribution is 0.670. The molecule has 5 nitrogen and oxygen atoms in total. The van der Waals surface area contributed by atoms with Gasteiger partial charge in [-0.15, -0.1) is 22.7 Å². The SMILES string of the molecule is N#Cc1c(-c2ccccc2)c(C#N)c(-n2c3c(ccc4c5cccc(-c6ccccc6)c5sc43)c3ccc4c5cccc(-c6ccccc6)c5sc4c32)c(-c2ccccc2)c1-n1c2ccccc2c2ccc(-c3cccc4c3oc3ccccc34)cc21. The molecule has 0 radical (unpaired) electrons. The summed E-state index contributed by atoms with van der Waals surface area (Å²) in [6.07, 6.45) is 0. The van der Waals surface area contributed by atoms with E-state index in [1.54, 1.807) is 0 Å². The molecule has 0 saturated heterocycles. The van der Waals surface area contributed by atoms with Gasteiger partial charge in [-0.25, -0.2) is 0 Å². The molecule has 0 atom stereocenters. The van der Waals surface area contributed by atoms with Crippen molar-refractivity contribution < 1.29 is 4.42 Å². The summed E-state index contributed by atoms with van der Waals surface area (Å²) in [5.41, 5.74) is 17.2. The van der Waals surface area contributed by atoms with Crippen molar-refractivity contribution in [3.8, 4) is 79.1 Å². The Morgan fingerprint density at radius 1 is 0.299 bits per heavy atom. The van der Waals surface area contributed by atoms with Crippen LogP contribution in [0.1, 0.15) is 11.1 Å². The average molecular weight is 1140 g/mol. The van der Waals surface area contributed by atoms with E-state index in [2.05, 4.69) is 240 Å². The van der Waals surface area contributed by atoms with Crippen LogP contribution in [0.15, 0.2) is 271 Å². The number of thiophene rings is 2.